The first-order valence-electron chi connectivity index (χ1n) is 15.6. The number of carbonyl (C=O) groups excluding carboxylic acids is 2. The van der Waals surface area contributed by atoms with Crippen LogP contribution >= 0.6 is 0 Å². The molecule has 2 N–H and O–H groups in total. The normalized spacial score (nSPS) is 23.6. The van der Waals surface area contributed by atoms with Crippen molar-refractivity contribution in [2.24, 2.45) is 5.41 Å². The summed E-state index contributed by atoms with van der Waals surface area (Å²) < 4.78 is 22.0. The van der Waals surface area contributed by atoms with Crippen molar-refractivity contribution < 1.29 is 23.8 Å². The fourth-order valence-corrected chi connectivity index (χ4v) is 6.70. The number of nitrogens with one attached hydrogen (secondary N) is 1. The standard InChI is InChI=1S/C35H36FN5O4/c1-34(2)20-41(19-21-3-5-22(6-4-21)28-12-14-31(40-39-28)45-24-7-8-24)16-15-35(34,44)27-10-11-29-26(32(27)36)17-23(18-37-29)25-9-13-30(42)38-33(25)43/h3-6,10-12,14,17-18,24-25,44H,7-9,13,15-16,19-20H2,1-2H3,(H,38,42,43)/t25-,35+/m0/s1. The molecule has 0 radical (unpaired) electrons. The van der Waals surface area contributed by atoms with E-state index in [4.69, 9.17) is 4.74 Å². The molecule has 2 saturated heterocycles. The highest BCUT2D eigenvalue weighted by molar-refractivity contribution is 6.01. The van der Waals surface area contributed by atoms with Crippen molar-refractivity contribution in [1.29, 1.82) is 0 Å². The summed E-state index contributed by atoms with van der Waals surface area (Å²) in [5, 5.41) is 23.2. The maximum Gasteiger partial charge on any atom is 0.234 e. The van der Waals surface area contributed by atoms with Gasteiger partial charge in [0.05, 0.1) is 22.7 Å². The van der Waals surface area contributed by atoms with Crippen LogP contribution in [-0.4, -0.2) is 56.2 Å². The molecule has 10 heteroatoms. The molecule has 45 heavy (non-hydrogen) atoms. The van der Waals surface area contributed by atoms with Gasteiger partial charge in [0.2, 0.25) is 17.7 Å². The topological polar surface area (TPSA) is 118 Å². The van der Waals surface area contributed by atoms with Gasteiger partial charge in [-0.3, -0.25) is 24.8 Å². The van der Waals surface area contributed by atoms with Gasteiger partial charge >= 0.3 is 0 Å². The number of amides is 2. The molecule has 2 aromatic heterocycles. The second kappa shape index (κ2) is 11.3. The van der Waals surface area contributed by atoms with Crippen LogP contribution in [0.5, 0.6) is 5.88 Å². The van der Waals surface area contributed by atoms with E-state index in [1.807, 2.05) is 38.1 Å². The lowest BCUT2D eigenvalue weighted by Gasteiger charge is -2.50. The van der Waals surface area contributed by atoms with Crippen molar-refractivity contribution in [3.05, 3.63) is 83.3 Å². The zero-order valence-corrected chi connectivity index (χ0v) is 25.4. The predicted octanol–water partition coefficient (Wildman–Crippen LogP) is 5.01. The van der Waals surface area contributed by atoms with Crippen LogP contribution in [-0.2, 0) is 21.7 Å². The number of imide groups is 1. The van der Waals surface area contributed by atoms with Crippen LogP contribution in [0, 0.1) is 11.2 Å². The molecule has 2 atom stereocenters. The number of pyridine rings is 1. The Morgan fingerprint density at radius 2 is 1.84 bits per heavy atom. The Labute approximate surface area is 260 Å². The lowest BCUT2D eigenvalue weighted by Crippen LogP contribution is -2.55. The Bertz CT molecular complexity index is 1770. The highest BCUT2D eigenvalue weighted by Crippen LogP contribution is 2.48. The van der Waals surface area contributed by atoms with Crippen LogP contribution < -0.4 is 10.1 Å². The van der Waals surface area contributed by atoms with Gasteiger partial charge in [-0.05, 0) is 55.0 Å². The molecule has 4 heterocycles. The van der Waals surface area contributed by atoms with Gasteiger partial charge in [-0.1, -0.05) is 44.2 Å². The van der Waals surface area contributed by atoms with E-state index in [-0.39, 0.29) is 29.4 Å². The number of likely N-dealkylation sites (tertiary alicyclic amines) is 1. The second-order valence-electron chi connectivity index (χ2n) is 13.2. The average molecular weight is 610 g/mol. The molecule has 0 bridgehead atoms. The Hall–Kier alpha value is -4.28. The quantitative estimate of drug-likeness (QED) is 0.281. The molecule has 4 aromatic rings. The molecule has 2 aromatic carbocycles. The summed E-state index contributed by atoms with van der Waals surface area (Å²) in [7, 11) is 0. The fraction of sp³-hybridized carbons (Fsp3) is 0.400. The lowest BCUT2D eigenvalue weighted by atomic mass is 9.66. The zero-order chi connectivity index (χ0) is 31.3. The van der Waals surface area contributed by atoms with Crippen molar-refractivity contribution in [2.45, 2.75) is 70.1 Å². The number of hydrogen-bond donors (Lipinski definition) is 2. The number of ether oxygens (including phenoxy) is 1. The monoisotopic (exact) mass is 609 g/mol. The van der Waals surface area contributed by atoms with Crippen molar-refractivity contribution in [3.8, 4) is 17.1 Å². The number of carbonyl (C=O) groups is 2. The maximum atomic E-state index is 16.3. The molecule has 3 aliphatic rings. The third-order valence-electron chi connectivity index (χ3n) is 9.54. The molecule has 1 aliphatic carbocycles. The molecule has 232 valence electrons. The summed E-state index contributed by atoms with van der Waals surface area (Å²) in [4.78, 5) is 30.8. The number of fused-ring (bicyclic) bond motifs is 1. The molecule has 0 unspecified atom stereocenters. The molecule has 2 amide bonds. The third kappa shape index (κ3) is 5.68. The van der Waals surface area contributed by atoms with Gasteiger partial charge in [0.1, 0.15) is 11.9 Å². The maximum absolute atomic E-state index is 16.3. The van der Waals surface area contributed by atoms with Crippen LogP contribution in [0.3, 0.4) is 0 Å². The Balaban J connectivity index is 1.06. The van der Waals surface area contributed by atoms with E-state index < -0.39 is 28.7 Å². The molecular weight excluding hydrogens is 573 g/mol. The Morgan fingerprint density at radius 3 is 2.53 bits per heavy atom. The third-order valence-corrected chi connectivity index (χ3v) is 9.54. The minimum Gasteiger partial charge on any atom is -0.473 e. The van der Waals surface area contributed by atoms with E-state index in [2.05, 4.69) is 37.5 Å². The number of halogens is 1. The zero-order valence-electron chi connectivity index (χ0n) is 25.4. The van der Waals surface area contributed by atoms with E-state index in [9.17, 15) is 14.7 Å². The van der Waals surface area contributed by atoms with Crippen LogP contribution in [0.1, 0.15) is 68.6 Å². The molecule has 0 spiro atoms. The van der Waals surface area contributed by atoms with Crippen LogP contribution in [0.25, 0.3) is 22.2 Å². The SMILES string of the molecule is CC1(C)CN(Cc2ccc(-c3ccc(OC4CC4)nn3)cc2)CC[C@@]1(O)c1ccc2ncc([C@@H]3CCC(=O)NC3=O)cc2c1F. The summed E-state index contributed by atoms with van der Waals surface area (Å²) in [6.45, 7) is 5.78. The second-order valence-corrected chi connectivity index (χ2v) is 13.2. The van der Waals surface area contributed by atoms with Crippen LogP contribution in [0.4, 0.5) is 4.39 Å². The lowest BCUT2D eigenvalue weighted by molar-refractivity contribution is -0.134. The number of rotatable bonds is 7. The summed E-state index contributed by atoms with van der Waals surface area (Å²) in [6, 6.07) is 17.0. The first-order valence-corrected chi connectivity index (χ1v) is 15.6. The number of aromatic nitrogens is 3. The minimum atomic E-state index is -1.41. The van der Waals surface area contributed by atoms with Gasteiger partial charge in [0.25, 0.3) is 0 Å². The number of piperidine rings is 2. The predicted molar refractivity (Wildman–Crippen MR) is 166 cm³/mol. The van der Waals surface area contributed by atoms with Gasteiger partial charge < -0.3 is 9.84 Å². The Kier molecular flexibility index (Phi) is 7.37. The minimum absolute atomic E-state index is 0.226. The van der Waals surface area contributed by atoms with E-state index >= 15 is 4.39 Å². The van der Waals surface area contributed by atoms with Gasteiger partial charge in [0.15, 0.2) is 0 Å². The largest absolute Gasteiger partial charge is 0.473 e. The van der Waals surface area contributed by atoms with Crippen LogP contribution in [0.2, 0.25) is 0 Å². The summed E-state index contributed by atoms with van der Waals surface area (Å²) in [5.74, 6) is -1.24. The molecule has 3 fully saturated rings. The van der Waals surface area contributed by atoms with E-state index in [0.29, 0.717) is 49.4 Å². The number of benzene rings is 2. The molecule has 1 saturated carbocycles. The first kappa shape index (κ1) is 29.4. The van der Waals surface area contributed by atoms with Crippen LogP contribution in [0.15, 0.2) is 60.8 Å². The van der Waals surface area contributed by atoms with Crippen molar-refractivity contribution in [2.75, 3.05) is 13.1 Å². The molecule has 2 aliphatic heterocycles. The molecule has 7 rings (SSSR count). The van der Waals surface area contributed by atoms with Crippen molar-refractivity contribution in [3.63, 3.8) is 0 Å². The van der Waals surface area contributed by atoms with E-state index in [0.717, 1.165) is 29.7 Å². The van der Waals surface area contributed by atoms with Gasteiger partial charge in [-0.25, -0.2) is 4.39 Å². The average Bonchev–Trinajstić information content (AvgIpc) is 3.84. The summed E-state index contributed by atoms with van der Waals surface area (Å²) in [5.41, 5.74) is 2.04. The number of nitrogens with zero attached hydrogens (tertiary/aromatic N) is 4. The van der Waals surface area contributed by atoms with Gasteiger partial charge in [-0.15, -0.1) is 10.2 Å². The number of aliphatic hydroxyl groups is 1. The smallest absolute Gasteiger partial charge is 0.234 e. The van der Waals surface area contributed by atoms with Gasteiger partial charge in [-0.2, -0.15) is 0 Å². The van der Waals surface area contributed by atoms with Crippen molar-refractivity contribution in [1.82, 2.24) is 25.4 Å². The van der Waals surface area contributed by atoms with Gasteiger partial charge in [0, 0.05) is 60.2 Å². The highest BCUT2D eigenvalue weighted by atomic mass is 19.1. The molecular formula is C35H36FN5O4. The Morgan fingerprint density at radius 1 is 1.04 bits per heavy atom. The molecule has 9 nitrogen and oxygen atoms in total. The first-order chi connectivity index (χ1) is 21.6. The summed E-state index contributed by atoms with van der Waals surface area (Å²) in [6.07, 6.45) is 4.93. The highest BCUT2D eigenvalue weighted by Gasteiger charge is 2.50. The van der Waals surface area contributed by atoms with E-state index in [1.54, 1.807) is 24.4 Å². The fourth-order valence-electron chi connectivity index (χ4n) is 6.70. The van der Waals surface area contributed by atoms with E-state index in [1.165, 1.54) is 0 Å². The summed E-state index contributed by atoms with van der Waals surface area (Å²) >= 11 is 0. The van der Waals surface area contributed by atoms with Crippen molar-refractivity contribution >= 4 is 22.7 Å². The number of hydrogen-bond acceptors (Lipinski definition) is 8.